The molecular weight excluding hydrogens is 208 g/mol. The highest BCUT2D eigenvalue weighted by Crippen LogP contribution is 2.09. The fraction of sp³-hybridized carbons (Fsp3) is 0.909. The van der Waals surface area contributed by atoms with Gasteiger partial charge in [0, 0.05) is 20.7 Å². The number of amides is 1. The number of methoxy groups -OCH3 is 1. The van der Waals surface area contributed by atoms with E-state index in [2.05, 4.69) is 5.32 Å². The van der Waals surface area contributed by atoms with Crippen LogP contribution in [0.3, 0.4) is 0 Å². The van der Waals surface area contributed by atoms with Crippen LogP contribution in [0.4, 0.5) is 0 Å². The lowest BCUT2D eigenvalue weighted by molar-refractivity contribution is -0.134. The summed E-state index contributed by atoms with van der Waals surface area (Å²) in [6.45, 7) is 1.49. The Morgan fingerprint density at radius 3 is 2.94 bits per heavy atom. The van der Waals surface area contributed by atoms with Gasteiger partial charge in [-0.2, -0.15) is 0 Å². The van der Waals surface area contributed by atoms with Crippen molar-refractivity contribution in [3.8, 4) is 0 Å². The molecule has 1 aliphatic heterocycles. The molecule has 5 nitrogen and oxygen atoms in total. The molecule has 1 heterocycles. The number of carbonyl (C=O) groups excluding carboxylic acids is 1. The standard InChI is InChI=1S/C11H22N2O3/c1-13(7-9(14)8-16-2)11(15)10-5-3-4-6-12-10/h9-10,12,14H,3-8H2,1-2H3. The molecule has 0 saturated carbocycles. The van der Waals surface area contributed by atoms with Gasteiger partial charge < -0.3 is 20.1 Å². The van der Waals surface area contributed by atoms with Crippen molar-refractivity contribution in [1.82, 2.24) is 10.2 Å². The fourth-order valence-corrected chi connectivity index (χ4v) is 1.98. The number of ether oxygens (including phenoxy) is 1. The molecule has 0 radical (unpaired) electrons. The Morgan fingerprint density at radius 2 is 2.38 bits per heavy atom. The zero-order chi connectivity index (χ0) is 12.0. The number of likely N-dealkylation sites (N-methyl/N-ethyl adjacent to an activating group) is 1. The van der Waals surface area contributed by atoms with Crippen LogP contribution in [0, 0.1) is 0 Å². The van der Waals surface area contributed by atoms with Crippen molar-refractivity contribution < 1.29 is 14.6 Å². The average Bonchev–Trinajstić information content (AvgIpc) is 2.29. The van der Waals surface area contributed by atoms with Crippen LogP contribution in [0.25, 0.3) is 0 Å². The van der Waals surface area contributed by atoms with Crippen molar-refractivity contribution >= 4 is 5.91 Å². The fourth-order valence-electron chi connectivity index (χ4n) is 1.98. The minimum Gasteiger partial charge on any atom is -0.389 e. The van der Waals surface area contributed by atoms with E-state index in [1.807, 2.05) is 0 Å². The summed E-state index contributed by atoms with van der Waals surface area (Å²) in [4.78, 5) is 13.5. The van der Waals surface area contributed by atoms with Gasteiger partial charge in [0.2, 0.25) is 5.91 Å². The smallest absolute Gasteiger partial charge is 0.239 e. The van der Waals surface area contributed by atoms with Gasteiger partial charge in [-0.25, -0.2) is 0 Å². The second kappa shape index (κ2) is 6.83. The minimum atomic E-state index is -0.609. The van der Waals surface area contributed by atoms with E-state index in [0.29, 0.717) is 6.54 Å². The summed E-state index contributed by atoms with van der Waals surface area (Å²) in [5.74, 6) is 0.0647. The molecule has 1 amide bonds. The third kappa shape index (κ3) is 4.08. The number of carbonyl (C=O) groups is 1. The molecule has 0 spiro atoms. The molecule has 0 bridgehead atoms. The molecule has 0 aromatic rings. The van der Waals surface area contributed by atoms with Crippen LogP contribution in [-0.2, 0) is 9.53 Å². The lowest BCUT2D eigenvalue weighted by Gasteiger charge is -2.28. The number of hydrogen-bond acceptors (Lipinski definition) is 4. The Bertz CT molecular complexity index is 217. The number of piperidine rings is 1. The minimum absolute atomic E-state index is 0.0647. The molecule has 2 unspecified atom stereocenters. The van der Waals surface area contributed by atoms with Gasteiger partial charge in [-0.15, -0.1) is 0 Å². The molecule has 2 N–H and O–H groups in total. The maximum Gasteiger partial charge on any atom is 0.239 e. The summed E-state index contributed by atoms with van der Waals surface area (Å²) >= 11 is 0. The highest BCUT2D eigenvalue weighted by Gasteiger charge is 2.24. The second-order valence-corrected chi connectivity index (χ2v) is 4.33. The van der Waals surface area contributed by atoms with Crippen molar-refractivity contribution in [3.05, 3.63) is 0 Å². The summed E-state index contributed by atoms with van der Waals surface area (Å²) in [5, 5.41) is 12.7. The third-order valence-electron chi connectivity index (χ3n) is 2.83. The zero-order valence-electron chi connectivity index (χ0n) is 10.1. The largest absolute Gasteiger partial charge is 0.389 e. The molecular formula is C11H22N2O3. The van der Waals surface area contributed by atoms with Gasteiger partial charge in [0.15, 0.2) is 0 Å². The molecule has 0 aliphatic carbocycles. The van der Waals surface area contributed by atoms with Gasteiger partial charge in [-0.05, 0) is 19.4 Å². The van der Waals surface area contributed by atoms with Crippen molar-refractivity contribution in [1.29, 1.82) is 0 Å². The SMILES string of the molecule is COCC(O)CN(C)C(=O)C1CCCCN1. The Hall–Kier alpha value is -0.650. The van der Waals surface area contributed by atoms with Crippen LogP contribution in [0.1, 0.15) is 19.3 Å². The van der Waals surface area contributed by atoms with Crippen LogP contribution in [0.2, 0.25) is 0 Å². The molecule has 1 aliphatic rings. The highest BCUT2D eigenvalue weighted by molar-refractivity contribution is 5.81. The Kier molecular flexibility index (Phi) is 5.73. The van der Waals surface area contributed by atoms with Crippen LogP contribution >= 0.6 is 0 Å². The summed E-state index contributed by atoms with van der Waals surface area (Å²) in [6.07, 6.45) is 2.52. The summed E-state index contributed by atoms with van der Waals surface area (Å²) < 4.78 is 4.83. The number of rotatable bonds is 5. The first-order chi connectivity index (χ1) is 7.65. The normalized spacial score (nSPS) is 22.8. The van der Waals surface area contributed by atoms with Crippen LogP contribution < -0.4 is 5.32 Å². The van der Waals surface area contributed by atoms with E-state index in [0.717, 1.165) is 25.8 Å². The third-order valence-corrected chi connectivity index (χ3v) is 2.83. The van der Waals surface area contributed by atoms with E-state index in [1.54, 1.807) is 11.9 Å². The molecule has 1 saturated heterocycles. The van der Waals surface area contributed by atoms with Gasteiger partial charge in [0.05, 0.1) is 18.8 Å². The Labute approximate surface area is 96.8 Å². The molecule has 0 aromatic carbocycles. The molecule has 0 aromatic heterocycles. The summed E-state index contributed by atoms with van der Waals surface area (Å²) in [6, 6.07) is -0.0755. The first-order valence-electron chi connectivity index (χ1n) is 5.80. The molecule has 1 fully saturated rings. The van der Waals surface area contributed by atoms with Crippen molar-refractivity contribution in [2.45, 2.75) is 31.4 Å². The predicted octanol–water partition coefficient (Wildman–Crippen LogP) is -0.406. The first kappa shape index (κ1) is 13.4. The lowest BCUT2D eigenvalue weighted by atomic mass is 10.0. The Morgan fingerprint density at radius 1 is 1.62 bits per heavy atom. The summed E-state index contributed by atoms with van der Waals surface area (Å²) in [5.41, 5.74) is 0. The van der Waals surface area contributed by atoms with E-state index >= 15 is 0 Å². The topological polar surface area (TPSA) is 61.8 Å². The van der Waals surface area contributed by atoms with Gasteiger partial charge in [-0.1, -0.05) is 6.42 Å². The molecule has 94 valence electrons. The van der Waals surface area contributed by atoms with Crippen molar-refractivity contribution in [2.24, 2.45) is 0 Å². The van der Waals surface area contributed by atoms with E-state index in [1.165, 1.54) is 7.11 Å². The zero-order valence-corrected chi connectivity index (χ0v) is 10.1. The number of aliphatic hydroxyl groups excluding tert-OH is 1. The predicted molar refractivity (Wildman–Crippen MR) is 61.2 cm³/mol. The van der Waals surface area contributed by atoms with Gasteiger partial charge in [0.25, 0.3) is 0 Å². The number of hydrogen-bond donors (Lipinski definition) is 2. The first-order valence-corrected chi connectivity index (χ1v) is 5.80. The van der Waals surface area contributed by atoms with E-state index in [-0.39, 0.29) is 18.6 Å². The van der Waals surface area contributed by atoms with Crippen molar-refractivity contribution in [2.75, 3.05) is 33.9 Å². The van der Waals surface area contributed by atoms with E-state index < -0.39 is 6.10 Å². The number of nitrogens with zero attached hydrogens (tertiary/aromatic N) is 1. The maximum absolute atomic E-state index is 11.9. The lowest BCUT2D eigenvalue weighted by Crippen LogP contribution is -2.49. The molecule has 5 heteroatoms. The monoisotopic (exact) mass is 230 g/mol. The van der Waals surface area contributed by atoms with Crippen LogP contribution in [-0.4, -0.2) is 61.9 Å². The van der Waals surface area contributed by atoms with Gasteiger partial charge >= 0.3 is 0 Å². The number of aliphatic hydroxyl groups is 1. The van der Waals surface area contributed by atoms with Crippen LogP contribution in [0.15, 0.2) is 0 Å². The van der Waals surface area contributed by atoms with Crippen LogP contribution in [0.5, 0.6) is 0 Å². The molecule has 1 rings (SSSR count). The second-order valence-electron chi connectivity index (χ2n) is 4.33. The van der Waals surface area contributed by atoms with Gasteiger partial charge in [-0.3, -0.25) is 4.79 Å². The van der Waals surface area contributed by atoms with Gasteiger partial charge in [0.1, 0.15) is 0 Å². The van der Waals surface area contributed by atoms with Crippen molar-refractivity contribution in [3.63, 3.8) is 0 Å². The number of nitrogens with one attached hydrogen (secondary N) is 1. The van der Waals surface area contributed by atoms with E-state index in [9.17, 15) is 9.90 Å². The Balaban J connectivity index is 2.34. The maximum atomic E-state index is 11.9. The highest BCUT2D eigenvalue weighted by atomic mass is 16.5. The quantitative estimate of drug-likeness (QED) is 0.674. The average molecular weight is 230 g/mol. The summed E-state index contributed by atoms with van der Waals surface area (Å²) in [7, 11) is 3.26. The van der Waals surface area contributed by atoms with E-state index in [4.69, 9.17) is 4.74 Å². The molecule has 2 atom stereocenters. The molecule has 16 heavy (non-hydrogen) atoms.